The van der Waals surface area contributed by atoms with Crippen molar-refractivity contribution < 1.29 is 14.3 Å². The molecule has 5 nitrogen and oxygen atoms in total. The maximum absolute atomic E-state index is 11.4. The third-order valence-electron chi connectivity index (χ3n) is 2.20. The van der Waals surface area contributed by atoms with Crippen LogP contribution in [-0.4, -0.2) is 25.7 Å². The maximum Gasteiger partial charge on any atom is 0.244 e. The smallest absolute Gasteiger partial charge is 0.244 e. The number of benzene rings is 1. The SMILES string of the molecule is COc1ccc2c(c1)OCC(N)C(=O)N2. The monoisotopic (exact) mass is 208 g/mol. The summed E-state index contributed by atoms with van der Waals surface area (Å²) in [5.41, 5.74) is 6.18. The van der Waals surface area contributed by atoms with E-state index < -0.39 is 6.04 Å². The van der Waals surface area contributed by atoms with Gasteiger partial charge in [-0.1, -0.05) is 0 Å². The van der Waals surface area contributed by atoms with E-state index in [0.29, 0.717) is 17.2 Å². The van der Waals surface area contributed by atoms with Gasteiger partial charge >= 0.3 is 0 Å². The standard InChI is InChI=1S/C10H12N2O3/c1-14-6-2-3-8-9(4-6)15-5-7(11)10(13)12-8/h2-4,7H,5,11H2,1H3,(H,12,13). The average molecular weight is 208 g/mol. The molecule has 1 atom stereocenters. The first kappa shape index (κ1) is 9.79. The Labute approximate surface area is 87.2 Å². The second-order valence-electron chi connectivity index (χ2n) is 3.27. The van der Waals surface area contributed by atoms with E-state index in [1.54, 1.807) is 25.3 Å². The molecule has 0 aromatic heterocycles. The lowest BCUT2D eigenvalue weighted by molar-refractivity contribution is -0.117. The first-order valence-corrected chi connectivity index (χ1v) is 4.58. The van der Waals surface area contributed by atoms with Gasteiger partial charge in [0.05, 0.1) is 12.8 Å². The van der Waals surface area contributed by atoms with Gasteiger partial charge in [0, 0.05) is 6.07 Å². The molecule has 0 fully saturated rings. The van der Waals surface area contributed by atoms with E-state index in [9.17, 15) is 4.79 Å². The highest BCUT2D eigenvalue weighted by atomic mass is 16.5. The zero-order chi connectivity index (χ0) is 10.8. The number of hydrogen-bond acceptors (Lipinski definition) is 4. The molecule has 1 heterocycles. The Morgan fingerprint density at radius 1 is 1.60 bits per heavy atom. The minimum absolute atomic E-state index is 0.173. The van der Waals surface area contributed by atoms with Crippen molar-refractivity contribution in [3.05, 3.63) is 18.2 Å². The molecule has 0 spiro atoms. The first-order valence-electron chi connectivity index (χ1n) is 4.58. The van der Waals surface area contributed by atoms with Crippen LogP contribution in [0.4, 0.5) is 5.69 Å². The fourth-order valence-corrected chi connectivity index (χ4v) is 1.33. The second-order valence-corrected chi connectivity index (χ2v) is 3.27. The zero-order valence-electron chi connectivity index (χ0n) is 8.32. The number of rotatable bonds is 1. The van der Waals surface area contributed by atoms with E-state index in [4.69, 9.17) is 15.2 Å². The molecule has 2 rings (SSSR count). The topological polar surface area (TPSA) is 73.6 Å². The fraction of sp³-hybridized carbons (Fsp3) is 0.300. The van der Waals surface area contributed by atoms with E-state index in [2.05, 4.69) is 5.32 Å². The summed E-state index contributed by atoms with van der Waals surface area (Å²) >= 11 is 0. The van der Waals surface area contributed by atoms with Gasteiger partial charge in [0.25, 0.3) is 0 Å². The van der Waals surface area contributed by atoms with Crippen LogP contribution >= 0.6 is 0 Å². The van der Waals surface area contributed by atoms with Crippen molar-refractivity contribution in [3.63, 3.8) is 0 Å². The Hall–Kier alpha value is -1.75. The van der Waals surface area contributed by atoms with Gasteiger partial charge in [-0.25, -0.2) is 0 Å². The number of fused-ring (bicyclic) bond motifs is 1. The molecule has 1 aliphatic rings. The highest BCUT2D eigenvalue weighted by Gasteiger charge is 2.21. The fourth-order valence-electron chi connectivity index (χ4n) is 1.33. The normalized spacial score (nSPS) is 19.6. The van der Waals surface area contributed by atoms with Gasteiger partial charge in [-0.05, 0) is 12.1 Å². The van der Waals surface area contributed by atoms with E-state index >= 15 is 0 Å². The predicted octanol–water partition coefficient (Wildman–Crippen LogP) is 0.353. The molecule has 80 valence electrons. The van der Waals surface area contributed by atoms with E-state index in [-0.39, 0.29) is 12.5 Å². The van der Waals surface area contributed by atoms with Crippen LogP contribution in [0.15, 0.2) is 18.2 Å². The van der Waals surface area contributed by atoms with Gasteiger partial charge in [-0.3, -0.25) is 4.79 Å². The molecule has 1 amide bonds. The molecule has 0 radical (unpaired) electrons. The van der Waals surface area contributed by atoms with E-state index in [1.165, 1.54) is 0 Å². The van der Waals surface area contributed by atoms with Gasteiger partial charge in [-0.2, -0.15) is 0 Å². The lowest BCUT2D eigenvalue weighted by Crippen LogP contribution is -2.38. The van der Waals surface area contributed by atoms with Crippen LogP contribution in [0.1, 0.15) is 0 Å². The van der Waals surface area contributed by atoms with Crippen molar-refractivity contribution in [2.75, 3.05) is 19.0 Å². The molecule has 5 heteroatoms. The summed E-state index contributed by atoms with van der Waals surface area (Å²) in [7, 11) is 1.57. The highest BCUT2D eigenvalue weighted by molar-refractivity contribution is 5.96. The highest BCUT2D eigenvalue weighted by Crippen LogP contribution is 2.30. The number of hydrogen-bond donors (Lipinski definition) is 2. The van der Waals surface area contributed by atoms with Crippen molar-refractivity contribution in [1.29, 1.82) is 0 Å². The van der Waals surface area contributed by atoms with Crippen molar-refractivity contribution in [3.8, 4) is 11.5 Å². The average Bonchev–Trinajstić information content (AvgIpc) is 2.39. The molecule has 1 aromatic rings. The van der Waals surface area contributed by atoms with Crippen molar-refractivity contribution in [2.45, 2.75) is 6.04 Å². The molecule has 3 N–H and O–H groups in total. The van der Waals surface area contributed by atoms with Crippen LogP contribution in [0.3, 0.4) is 0 Å². The minimum atomic E-state index is -0.636. The number of carbonyl (C=O) groups is 1. The van der Waals surface area contributed by atoms with Crippen molar-refractivity contribution in [1.82, 2.24) is 0 Å². The van der Waals surface area contributed by atoms with Crippen LogP contribution in [-0.2, 0) is 4.79 Å². The maximum atomic E-state index is 11.4. The minimum Gasteiger partial charge on any atom is -0.497 e. The summed E-state index contributed by atoms with van der Waals surface area (Å²) in [6, 6.07) is 4.56. The summed E-state index contributed by atoms with van der Waals surface area (Å²) < 4.78 is 10.4. The Bertz CT molecular complexity index is 392. The van der Waals surface area contributed by atoms with Crippen LogP contribution in [0.5, 0.6) is 11.5 Å². The molecule has 0 aliphatic carbocycles. The lowest BCUT2D eigenvalue weighted by Gasteiger charge is -2.08. The van der Waals surface area contributed by atoms with Crippen molar-refractivity contribution in [2.24, 2.45) is 5.73 Å². The summed E-state index contributed by atoms with van der Waals surface area (Å²) in [4.78, 5) is 11.4. The molecule has 1 unspecified atom stereocenters. The van der Waals surface area contributed by atoms with E-state index in [1.807, 2.05) is 0 Å². The number of nitrogens with two attached hydrogens (primary N) is 1. The summed E-state index contributed by atoms with van der Waals surface area (Å²) in [5, 5.41) is 2.68. The number of ether oxygens (including phenoxy) is 2. The number of methoxy groups -OCH3 is 1. The van der Waals surface area contributed by atoms with Crippen molar-refractivity contribution >= 4 is 11.6 Å². The van der Waals surface area contributed by atoms with Crippen LogP contribution < -0.4 is 20.5 Å². The Morgan fingerprint density at radius 2 is 2.40 bits per heavy atom. The largest absolute Gasteiger partial charge is 0.497 e. The number of anilines is 1. The summed E-state index contributed by atoms with van der Waals surface area (Å²) in [6.45, 7) is 0.173. The molecule has 1 aromatic carbocycles. The van der Waals surface area contributed by atoms with Gasteiger partial charge in [0.2, 0.25) is 5.91 Å². The molecule has 0 saturated carbocycles. The quantitative estimate of drug-likeness (QED) is 0.698. The Kier molecular flexibility index (Phi) is 2.47. The van der Waals surface area contributed by atoms with Crippen LogP contribution in [0.2, 0.25) is 0 Å². The molecule has 15 heavy (non-hydrogen) atoms. The first-order chi connectivity index (χ1) is 7.20. The van der Waals surface area contributed by atoms with E-state index in [0.717, 1.165) is 0 Å². The molecule has 0 saturated heterocycles. The number of nitrogens with one attached hydrogen (secondary N) is 1. The third kappa shape index (κ3) is 1.87. The molecule has 0 bridgehead atoms. The van der Waals surface area contributed by atoms with Crippen LogP contribution in [0.25, 0.3) is 0 Å². The Balaban J connectivity index is 2.34. The number of carbonyl (C=O) groups excluding carboxylic acids is 1. The number of amides is 1. The molecular weight excluding hydrogens is 196 g/mol. The lowest BCUT2D eigenvalue weighted by atomic mass is 10.2. The zero-order valence-corrected chi connectivity index (χ0v) is 8.32. The summed E-state index contributed by atoms with van der Waals surface area (Å²) in [6.07, 6.45) is 0. The second kappa shape index (κ2) is 3.78. The van der Waals surface area contributed by atoms with Gasteiger partial charge in [0.1, 0.15) is 24.1 Å². The third-order valence-corrected chi connectivity index (χ3v) is 2.20. The predicted molar refractivity (Wildman–Crippen MR) is 55.1 cm³/mol. The molecule has 1 aliphatic heterocycles. The van der Waals surface area contributed by atoms with Gasteiger partial charge < -0.3 is 20.5 Å². The van der Waals surface area contributed by atoms with Gasteiger partial charge in [-0.15, -0.1) is 0 Å². The van der Waals surface area contributed by atoms with Crippen LogP contribution in [0, 0.1) is 0 Å². The Morgan fingerprint density at radius 3 is 3.13 bits per heavy atom. The molecular formula is C10H12N2O3. The summed E-state index contributed by atoms with van der Waals surface area (Å²) in [5.74, 6) is 1.02. The van der Waals surface area contributed by atoms with Gasteiger partial charge in [0.15, 0.2) is 0 Å².